The molecule has 0 bridgehead atoms. The van der Waals surface area contributed by atoms with Gasteiger partial charge in [-0.15, -0.1) is 5.54 Å². The standard InChI is InChI=1S/C25H35N3OSi/c1-18(2)30(19(3)4,20(5)6)16-13-21-17-26-15-12-22(21)24(29)28-25(7,8)23-11-9-10-14-27-23/h9-12,14-15,17-20H,1-8H3,(H,28,29). The van der Waals surface area contributed by atoms with Crippen LogP contribution in [0.2, 0.25) is 16.6 Å². The number of rotatable bonds is 6. The van der Waals surface area contributed by atoms with Crippen molar-refractivity contribution >= 4 is 14.0 Å². The maximum atomic E-state index is 13.2. The van der Waals surface area contributed by atoms with Crippen LogP contribution in [0.25, 0.3) is 0 Å². The van der Waals surface area contributed by atoms with Crippen molar-refractivity contribution in [3.8, 4) is 11.5 Å². The van der Waals surface area contributed by atoms with E-state index in [2.05, 4.69) is 68.3 Å². The second-order valence-electron chi connectivity index (χ2n) is 9.36. The van der Waals surface area contributed by atoms with E-state index >= 15 is 0 Å². The smallest absolute Gasteiger partial charge is 0.253 e. The number of pyridine rings is 2. The lowest BCUT2D eigenvalue weighted by Gasteiger charge is -2.38. The molecule has 2 aromatic rings. The van der Waals surface area contributed by atoms with Crippen LogP contribution < -0.4 is 5.32 Å². The zero-order chi connectivity index (χ0) is 22.5. The molecule has 0 unspecified atom stereocenters. The second kappa shape index (κ2) is 9.57. The van der Waals surface area contributed by atoms with E-state index in [-0.39, 0.29) is 5.91 Å². The number of carbonyl (C=O) groups excluding carboxylic acids is 1. The van der Waals surface area contributed by atoms with Crippen molar-refractivity contribution in [2.24, 2.45) is 0 Å². The highest BCUT2D eigenvalue weighted by Crippen LogP contribution is 2.40. The fourth-order valence-corrected chi connectivity index (χ4v) is 9.67. The largest absolute Gasteiger partial charge is 0.341 e. The molecule has 5 heteroatoms. The van der Waals surface area contributed by atoms with Crippen LogP contribution >= 0.6 is 0 Å². The van der Waals surface area contributed by atoms with E-state index in [1.807, 2.05) is 32.0 Å². The SMILES string of the molecule is CC(C)[Si](C#Cc1cnccc1C(=O)NC(C)(C)c1ccccn1)(C(C)C)C(C)C. The van der Waals surface area contributed by atoms with Gasteiger partial charge in [0.2, 0.25) is 0 Å². The van der Waals surface area contributed by atoms with Gasteiger partial charge in [0.25, 0.3) is 5.91 Å². The Morgan fingerprint density at radius 3 is 2.17 bits per heavy atom. The Morgan fingerprint density at radius 1 is 1.00 bits per heavy atom. The molecule has 0 aromatic carbocycles. The highest BCUT2D eigenvalue weighted by atomic mass is 28.3. The van der Waals surface area contributed by atoms with Crippen molar-refractivity contribution in [2.45, 2.75) is 77.6 Å². The van der Waals surface area contributed by atoms with Gasteiger partial charge in [-0.05, 0) is 48.7 Å². The Labute approximate surface area is 182 Å². The summed E-state index contributed by atoms with van der Waals surface area (Å²) < 4.78 is 0. The van der Waals surface area contributed by atoms with Crippen LogP contribution in [0.3, 0.4) is 0 Å². The van der Waals surface area contributed by atoms with Crippen molar-refractivity contribution in [3.63, 3.8) is 0 Å². The third-order valence-corrected chi connectivity index (χ3v) is 12.4. The van der Waals surface area contributed by atoms with E-state index in [0.717, 1.165) is 5.69 Å². The number of hydrogen-bond donors (Lipinski definition) is 1. The lowest BCUT2D eigenvalue weighted by Crippen LogP contribution is -2.43. The van der Waals surface area contributed by atoms with Crippen molar-refractivity contribution in [2.75, 3.05) is 0 Å². The zero-order valence-electron chi connectivity index (χ0n) is 19.6. The molecule has 0 aliphatic heterocycles. The van der Waals surface area contributed by atoms with Crippen LogP contribution in [0.1, 0.15) is 77.0 Å². The van der Waals surface area contributed by atoms with Gasteiger partial charge in [-0.2, -0.15) is 0 Å². The summed E-state index contributed by atoms with van der Waals surface area (Å²) in [5, 5.41) is 3.11. The minimum Gasteiger partial charge on any atom is -0.341 e. The van der Waals surface area contributed by atoms with Crippen LogP contribution in [0, 0.1) is 11.5 Å². The Morgan fingerprint density at radius 2 is 1.63 bits per heavy atom. The van der Waals surface area contributed by atoms with Crippen molar-refractivity contribution < 1.29 is 4.79 Å². The summed E-state index contributed by atoms with van der Waals surface area (Å²) in [7, 11) is -1.90. The Hall–Kier alpha value is -2.45. The third-order valence-electron chi connectivity index (χ3n) is 6.08. The van der Waals surface area contributed by atoms with Crippen LogP contribution in [-0.2, 0) is 5.54 Å². The molecule has 0 saturated heterocycles. The second-order valence-corrected chi connectivity index (χ2v) is 14.9. The first kappa shape index (κ1) is 23.8. The minimum absolute atomic E-state index is 0.164. The van der Waals surface area contributed by atoms with Gasteiger partial charge in [-0.1, -0.05) is 53.5 Å². The topological polar surface area (TPSA) is 54.9 Å². The molecule has 0 atom stereocenters. The first-order valence-electron chi connectivity index (χ1n) is 10.7. The molecule has 0 saturated carbocycles. The van der Waals surface area contributed by atoms with Crippen LogP contribution in [0.4, 0.5) is 0 Å². The van der Waals surface area contributed by atoms with E-state index in [4.69, 9.17) is 0 Å². The summed E-state index contributed by atoms with van der Waals surface area (Å²) in [5.74, 6) is 3.21. The first-order valence-corrected chi connectivity index (χ1v) is 13.0. The molecule has 2 heterocycles. The first-order chi connectivity index (χ1) is 14.0. The summed E-state index contributed by atoms with van der Waals surface area (Å²) in [6, 6.07) is 7.46. The van der Waals surface area contributed by atoms with Gasteiger partial charge < -0.3 is 5.32 Å². The van der Waals surface area contributed by atoms with Gasteiger partial charge in [0.1, 0.15) is 8.07 Å². The van der Waals surface area contributed by atoms with Crippen LogP contribution in [0.5, 0.6) is 0 Å². The van der Waals surface area contributed by atoms with Crippen LogP contribution in [0.15, 0.2) is 42.9 Å². The molecule has 0 spiro atoms. The predicted molar refractivity (Wildman–Crippen MR) is 127 cm³/mol. The quantitative estimate of drug-likeness (QED) is 0.480. The van der Waals surface area contributed by atoms with Crippen molar-refractivity contribution in [3.05, 3.63) is 59.7 Å². The fourth-order valence-electron chi connectivity index (χ4n) is 4.45. The number of nitrogens with one attached hydrogen (secondary N) is 1. The summed E-state index contributed by atoms with van der Waals surface area (Å²) in [6.45, 7) is 17.6. The molecule has 0 fully saturated rings. The van der Waals surface area contributed by atoms with Crippen molar-refractivity contribution in [1.82, 2.24) is 15.3 Å². The zero-order valence-corrected chi connectivity index (χ0v) is 20.6. The molecule has 2 aromatic heterocycles. The molecule has 0 aliphatic carbocycles. The molecular formula is C25H35N3OSi. The van der Waals surface area contributed by atoms with Crippen LogP contribution in [-0.4, -0.2) is 23.9 Å². The molecular weight excluding hydrogens is 386 g/mol. The molecule has 1 N–H and O–H groups in total. The Bertz CT molecular complexity index is 902. The van der Waals surface area contributed by atoms with Gasteiger partial charge in [-0.25, -0.2) is 0 Å². The number of carbonyl (C=O) groups is 1. The summed E-state index contributed by atoms with van der Waals surface area (Å²) in [6.07, 6.45) is 5.09. The molecule has 1 amide bonds. The van der Waals surface area contributed by atoms with E-state index in [1.54, 1.807) is 24.7 Å². The highest BCUT2D eigenvalue weighted by molar-refractivity contribution is 6.90. The summed E-state index contributed by atoms with van der Waals surface area (Å²) in [4.78, 5) is 21.8. The number of amides is 1. The van der Waals surface area contributed by atoms with E-state index in [1.165, 1.54) is 0 Å². The Kier molecular flexibility index (Phi) is 7.60. The van der Waals surface area contributed by atoms with E-state index in [0.29, 0.717) is 27.8 Å². The van der Waals surface area contributed by atoms with Gasteiger partial charge in [0.05, 0.1) is 22.4 Å². The van der Waals surface area contributed by atoms with Gasteiger partial charge in [0, 0.05) is 18.6 Å². The fraction of sp³-hybridized carbons (Fsp3) is 0.480. The van der Waals surface area contributed by atoms with Gasteiger partial charge >= 0.3 is 0 Å². The number of hydrogen-bond acceptors (Lipinski definition) is 3. The summed E-state index contributed by atoms with van der Waals surface area (Å²) in [5.41, 5.74) is 6.74. The number of nitrogens with zero attached hydrogens (tertiary/aromatic N) is 2. The highest BCUT2D eigenvalue weighted by Gasteiger charge is 2.41. The maximum Gasteiger partial charge on any atom is 0.253 e. The molecule has 4 nitrogen and oxygen atoms in total. The van der Waals surface area contributed by atoms with E-state index < -0.39 is 13.6 Å². The Balaban J connectivity index is 2.42. The third kappa shape index (κ3) is 4.99. The molecule has 160 valence electrons. The number of aromatic nitrogens is 2. The van der Waals surface area contributed by atoms with Crippen molar-refractivity contribution in [1.29, 1.82) is 0 Å². The maximum absolute atomic E-state index is 13.2. The lowest BCUT2D eigenvalue weighted by molar-refractivity contribution is 0.0910. The molecule has 0 radical (unpaired) electrons. The molecule has 0 aliphatic rings. The van der Waals surface area contributed by atoms with Gasteiger partial charge in [0.15, 0.2) is 0 Å². The van der Waals surface area contributed by atoms with Gasteiger partial charge in [-0.3, -0.25) is 14.8 Å². The summed E-state index contributed by atoms with van der Waals surface area (Å²) >= 11 is 0. The predicted octanol–water partition coefficient (Wildman–Crippen LogP) is 5.71. The molecule has 2 rings (SSSR count). The minimum atomic E-state index is -1.90. The molecule has 30 heavy (non-hydrogen) atoms. The normalized spacial score (nSPS) is 12.1. The monoisotopic (exact) mass is 421 g/mol. The average molecular weight is 422 g/mol. The average Bonchev–Trinajstić information content (AvgIpc) is 2.68. The van der Waals surface area contributed by atoms with E-state index in [9.17, 15) is 4.79 Å². The lowest BCUT2D eigenvalue weighted by atomic mass is 9.98.